The summed E-state index contributed by atoms with van der Waals surface area (Å²) >= 11 is 0. The molecule has 4 atom stereocenters. The minimum Gasteiger partial charge on any atom is -0.393 e. The Labute approximate surface area is 80.8 Å². The summed E-state index contributed by atoms with van der Waals surface area (Å²) in [7, 11) is 0. The summed E-state index contributed by atoms with van der Waals surface area (Å²) in [5, 5.41) is 9.72. The maximum atomic E-state index is 9.72. The summed E-state index contributed by atoms with van der Waals surface area (Å²) in [4.78, 5) is 0. The lowest BCUT2D eigenvalue weighted by atomic mass is 9.82. The van der Waals surface area contributed by atoms with Gasteiger partial charge < -0.3 is 5.11 Å². The summed E-state index contributed by atoms with van der Waals surface area (Å²) < 4.78 is 0. The molecule has 0 aliphatic heterocycles. The van der Waals surface area contributed by atoms with Crippen molar-refractivity contribution in [1.82, 2.24) is 0 Å². The number of hydrogen-bond acceptors (Lipinski definition) is 1. The minimum absolute atomic E-state index is 0.118. The van der Waals surface area contributed by atoms with E-state index in [1.54, 1.807) is 0 Å². The van der Waals surface area contributed by atoms with Crippen molar-refractivity contribution in [2.24, 2.45) is 17.8 Å². The van der Waals surface area contributed by atoms with E-state index in [0.717, 1.165) is 24.7 Å². The molecule has 0 aromatic carbocycles. The number of hydrogen-bond donors (Lipinski definition) is 1. The molecule has 74 valence electrons. The molecule has 0 unspecified atom stereocenters. The van der Waals surface area contributed by atoms with Crippen molar-refractivity contribution >= 4 is 0 Å². The van der Waals surface area contributed by atoms with Crippen molar-refractivity contribution < 1.29 is 5.11 Å². The van der Waals surface area contributed by atoms with Crippen LogP contribution in [0.4, 0.5) is 0 Å². The Kier molecular flexibility index (Phi) is 2.46. The first-order valence-electron chi connectivity index (χ1n) is 5.54. The average Bonchev–Trinajstić information content (AvgIpc) is 2.47. The van der Waals surface area contributed by atoms with Crippen molar-refractivity contribution in [2.75, 3.05) is 0 Å². The van der Waals surface area contributed by atoms with Crippen LogP contribution in [-0.4, -0.2) is 11.2 Å². The van der Waals surface area contributed by atoms with Crippen molar-refractivity contribution in [3.8, 4) is 0 Å². The van der Waals surface area contributed by atoms with Crippen LogP contribution in [-0.2, 0) is 0 Å². The second kappa shape index (κ2) is 3.45. The Hall–Kier alpha value is -0.300. The molecule has 0 saturated heterocycles. The van der Waals surface area contributed by atoms with Gasteiger partial charge in [0.2, 0.25) is 0 Å². The molecule has 0 amide bonds. The fourth-order valence-corrected chi connectivity index (χ4v) is 3.32. The lowest BCUT2D eigenvalue weighted by Crippen LogP contribution is -2.16. The lowest BCUT2D eigenvalue weighted by molar-refractivity contribution is 0.141. The normalized spacial score (nSPS) is 45.8. The van der Waals surface area contributed by atoms with Gasteiger partial charge in [-0.1, -0.05) is 25.5 Å². The number of rotatable bonds is 0. The fourth-order valence-electron chi connectivity index (χ4n) is 3.32. The highest BCUT2D eigenvalue weighted by Crippen LogP contribution is 2.45. The third kappa shape index (κ3) is 1.67. The standard InChI is InChI=1S/C12H20O/c1-8-6-10(13)7-9(2)12-5-3-4-11(8)12/h9-13H,1,3-7H2,2H3/t9-,10+,11+,12-/m1/s1. The van der Waals surface area contributed by atoms with E-state index < -0.39 is 0 Å². The van der Waals surface area contributed by atoms with E-state index in [0.29, 0.717) is 5.92 Å². The molecule has 2 rings (SSSR count). The van der Waals surface area contributed by atoms with E-state index in [1.807, 2.05) is 0 Å². The first kappa shape index (κ1) is 9.26. The zero-order chi connectivity index (χ0) is 9.42. The van der Waals surface area contributed by atoms with E-state index >= 15 is 0 Å². The van der Waals surface area contributed by atoms with Crippen LogP contribution in [0.1, 0.15) is 39.0 Å². The van der Waals surface area contributed by atoms with Gasteiger partial charge in [0.25, 0.3) is 0 Å². The van der Waals surface area contributed by atoms with Crippen molar-refractivity contribution in [1.29, 1.82) is 0 Å². The van der Waals surface area contributed by atoms with Gasteiger partial charge in [-0.05, 0) is 43.4 Å². The predicted octanol–water partition coefficient (Wildman–Crippen LogP) is 2.75. The third-order valence-electron chi connectivity index (χ3n) is 3.97. The third-order valence-corrected chi connectivity index (χ3v) is 3.97. The van der Waals surface area contributed by atoms with Crippen molar-refractivity contribution in [3.63, 3.8) is 0 Å². The summed E-state index contributed by atoms with van der Waals surface area (Å²) in [6.07, 6.45) is 5.77. The molecule has 1 N–H and O–H groups in total. The Bertz CT molecular complexity index is 209. The fraction of sp³-hybridized carbons (Fsp3) is 0.833. The SMILES string of the molecule is C=C1C[C@H](O)C[C@@H](C)[C@H]2CCC[C@@H]12. The number of aliphatic hydroxyl groups excluding tert-OH is 1. The second-order valence-corrected chi connectivity index (χ2v) is 4.93. The van der Waals surface area contributed by atoms with Crippen LogP contribution in [0.5, 0.6) is 0 Å². The first-order valence-corrected chi connectivity index (χ1v) is 5.54. The molecular weight excluding hydrogens is 160 g/mol. The van der Waals surface area contributed by atoms with Gasteiger partial charge in [0.15, 0.2) is 0 Å². The van der Waals surface area contributed by atoms with E-state index in [4.69, 9.17) is 0 Å². The van der Waals surface area contributed by atoms with Gasteiger partial charge in [0.05, 0.1) is 6.10 Å². The summed E-state index contributed by atoms with van der Waals surface area (Å²) in [6, 6.07) is 0. The van der Waals surface area contributed by atoms with Gasteiger partial charge in [-0.25, -0.2) is 0 Å². The molecule has 0 radical (unpaired) electrons. The molecular formula is C12H20O. The first-order chi connectivity index (χ1) is 6.18. The van der Waals surface area contributed by atoms with Crippen LogP contribution < -0.4 is 0 Å². The van der Waals surface area contributed by atoms with Gasteiger partial charge in [0.1, 0.15) is 0 Å². The van der Waals surface area contributed by atoms with Crippen molar-refractivity contribution in [3.05, 3.63) is 12.2 Å². The highest BCUT2D eigenvalue weighted by molar-refractivity contribution is 5.09. The van der Waals surface area contributed by atoms with Crippen LogP contribution in [0.3, 0.4) is 0 Å². The molecule has 2 aliphatic carbocycles. The number of aliphatic hydroxyl groups is 1. The molecule has 2 fully saturated rings. The Morgan fingerprint density at radius 1 is 1.38 bits per heavy atom. The van der Waals surface area contributed by atoms with Gasteiger partial charge in [0, 0.05) is 0 Å². The quantitative estimate of drug-likeness (QED) is 0.568. The molecule has 2 saturated carbocycles. The molecule has 0 bridgehead atoms. The largest absolute Gasteiger partial charge is 0.393 e. The van der Waals surface area contributed by atoms with Gasteiger partial charge >= 0.3 is 0 Å². The molecule has 0 heterocycles. The molecule has 1 nitrogen and oxygen atoms in total. The van der Waals surface area contributed by atoms with Crippen LogP contribution in [0.2, 0.25) is 0 Å². The van der Waals surface area contributed by atoms with Crippen LogP contribution in [0.25, 0.3) is 0 Å². The van der Waals surface area contributed by atoms with Crippen LogP contribution >= 0.6 is 0 Å². The van der Waals surface area contributed by atoms with Crippen molar-refractivity contribution in [2.45, 2.75) is 45.1 Å². The molecule has 2 aliphatic rings. The zero-order valence-electron chi connectivity index (χ0n) is 8.50. The molecule has 13 heavy (non-hydrogen) atoms. The second-order valence-electron chi connectivity index (χ2n) is 4.93. The Morgan fingerprint density at radius 3 is 2.92 bits per heavy atom. The molecule has 0 spiro atoms. The molecule has 1 heteroatoms. The lowest BCUT2D eigenvalue weighted by Gasteiger charge is -2.23. The summed E-state index contributed by atoms with van der Waals surface area (Å²) in [6.45, 7) is 6.44. The van der Waals surface area contributed by atoms with Gasteiger partial charge in [-0.3, -0.25) is 0 Å². The predicted molar refractivity (Wildman–Crippen MR) is 54.4 cm³/mol. The highest BCUT2D eigenvalue weighted by atomic mass is 16.3. The van der Waals surface area contributed by atoms with E-state index in [9.17, 15) is 5.11 Å². The van der Waals surface area contributed by atoms with Gasteiger partial charge in [-0.2, -0.15) is 0 Å². The maximum absolute atomic E-state index is 9.72. The molecule has 0 aromatic heterocycles. The zero-order valence-corrected chi connectivity index (χ0v) is 8.50. The summed E-state index contributed by atoms with van der Waals surface area (Å²) in [5.41, 5.74) is 1.32. The Balaban J connectivity index is 2.16. The van der Waals surface area contributed by atoms with Gasteiger partial charge in [-0.15, -0.1) is 0 Å². The smallest absolute Gasteiger partial charge is 0.0580 e. The Morgan fingerprint density at radius 2 is 2.15 bits per heavy atom. The maximum Gasteiger partial charge on any atom is 0.0580 e. The van der Waals surface area contributed by atoms with E-state index in [1.165, 1.54) is 24.8 Å². The van der Waals surface area contributed by atoms with E-state index in [2.05, 4.69) is 13.5 Å². The van der Waals surface area contributed by atoms with Crippen LogP contribution in [0.15, 0.2) is 12.2 Å². The monoisotopic (exact) mass is 180 g/mol. The topological polar surface area (TPSA) is 20.2 Å². The van der Waals surface area contributed by atoms with E-state index in [-0.39, 0.29) is 6.10 Å². The number of fused-ring (bicyclic) bond motifs is 1. The minimum atomic E-state index is -0.118. The summed E-state index contributed by atoms with van der Waals surface area (Å²) in [5.74, 6) is 2.25. The molecule has 0 aromatic rings. The highest BCUT2D eigenvalue weighted by Gasteiger charge is 2.36. The average molecular weight is 180 g/mol. The van der Waals surface area contributed by atoms with Crippen LogP contribution in [0, 0.1) is 17.8 Å².